The molecule has 2 unspecified atom stereocenters. The SMILES string of the molecule is C=CC1CCC(c2ccc(-c3ccc(-c4ccc(CCCC)c(F)c4F)cc3)c(F)c2)OC1. The van der Waals surface area contributed by atoms with E-state index in [4.69, 9.17) is 4.74 Å². The molecule has 172 valence electrons. The molecule has 2 atom stereocenters. The maximum Gasteiger partial charge on any atom is 0.166 e. The van der Waals surface area contributed by atoms with Crippen molar-refractivity contribution in [3.8, 4) is 22.3 Å². The zero-order valence-corrected chi connectivity index (χ0v) is 18.9. The molecule has 1 heterocycles. The highest BCUT2D eigenvalue weighted by molar-refractivity contribution is 5.71. The summed E-state index contributed by atoms with van der Waals surface area (Å²) in [6.07, 6.45) is 5.88. The molecule has 0 saturated carbocycles. The van der Waals surface area contributed by atoms with Gasteiger partial charge in [-0.25, -0.2) is 13.2 Å². The van der Waals surface area contributed by atoms with E-state index in [1.165, 1.54) is 6.07 Å². The average molecular weight is 451 g/mol. The monoisotopic (exact) mass is 450 g/mol. The van der Waals surface area contributed by atoms with E-state index < -0.39 is 11.6 Å². The number of hydrogen-bond donors (Lipinski definition) is 0. The molecule has 0 bridgehead atoms. The van der Waals surface area contributed by atoms with Gasteiger partial charge in [0.1, 0.15) is 5.82 Å². The minimum Gasteiger partial charge on any atom is -0.373 e. The van der Waals surface area contributed by atoms with Gasteiger partial charge in [-0.1, -0.05) is 68.0 Å². The highest BCUT2D eigenvalue weighted by Crippen LogP contribution is 2.34. The van der Waals surface area contributed by atoms with Crippen LogP contribution in [0.3, 0.4) is 0 Å². The van der Waals surface area contributed by atoms with Gasteiger partial charge < -0.3 is 4.74 Å². The summed E-state index contributed by atoms with van der Waals surface area (Å²) < 4.78 is 50.0. The molecule has 0 N–H and O–H groups in total. The summed E-state index contributed by atoms with van der Waals surface area (Å²) in [4.78, 5) is 0. The highest BCUT2D eigenvalue weighted by Gasteiger charge is 2.22. The predicted octanol–water partition coefficient (Wildman–Crippen LogP) is 8.43. The fourth-order valence-electron chi connectivity index (χ4n) is 4.39. The van der Waals surface area contributed by atoms with E-state index in [2.05, 4.69) is 6.58 Å². The second-order valence-electron chi connectivity index (χ2n) is 8.72. The average Bonchev–Trinajstić information content (AvgIpc) is 2.85. The van der Waals surface area contributed by atoms with E-state index in [0.29, 0.717) is 41.2 Å². The number of aryl methyl sites for hydroxylation is 1. The van der Waals surface area contributed by atoms with Crippen molar-refractivity contribution >= 4 is 0 Å². The summed E-state index contributed by atoms with van der Waals surface area (Å²) in [6, 6.07) is 15.3. The van der Waals surface area contributed by atoms with Crippen LogP contribution in [0.1, 0.15) is 49.8 Å². The van der Waals surface area contributed by atoms with Crippen LogP contribution in [0.5, 0.6) is 0 Å². The molecule has 3 aromatic carbocycles. The predicted molar refractivity (Wildman–Crippen MR) is 127 cm³/mol. The number of rotatable bonds is 7. The third-order valence-electron chi connectivity index (χ3n) is 6.48. The lowest BCUT2D eigenvalue weighted by Gasteiger charge is -2.27. The first kappa shape index (κ1) is 23.3. The summed E-state index contributed by atoms with van der Waals surface area (Å²) >= 11 is 0. The number of benzene rings is 3. The summed E-state index contributed by atoms with van der Waals surface area (Å²) in [5, 5.41) is 0. The van der Waals surface area contributed by atoms with Gasteiger partial charge in [-0.3, -0.25) is 0 Å². The van der Waals surface area contributed by atoms with Gasteiger partial charge in [-0.05, 0) is 54.0 Å². The Kier molecular flexibility index (Phi) is 7.34. The quantitative estimate of drug-likeness (QED) is 0.328. The van der Waals surface area contributed by atoms with E-state index in [9.17, 15) is 13.2 Å². The Hall–Kier alpha value is -2.85. The Morgan fingerprint density at radius 2 is 1.61 bits per heavy atom. The molecule has 3 aromatic rings. The van der Waals surface area contributed by atoms with Gasteiger partial charge in [0.25, 0.3) is 0 Å². The lowest BCUT2D eigenvalue weighted by Crippen LogP contribution is -2.19. The van der Waals surface area contributed by atoms with Crippen molar-refractivity contribution in [2.45, 2.75) is 45.1 Å². The summed E-state index contributed by atoms with van der Waals surface area (Å²) in [7, 11) is 0. The smallest absolute Gasteiger partial charge is 0.166 e. The number of hydrogen-bond acceptors (Lipinski definition) is 1. The van der Waals surface area contributed by atoms with Crippen LogP contribution in [0.15, 0.2) is 67.3 Å². The van der Waals surface area contributed by atoms with Crippen molar-refractivity contribution in [3.05, 3.63) is 95.8 Å². The second kappa shape index (κ2) is 10.4. The lowest BCUT2D eigenvalue weighted by molar-refractivity contribution is -0.00528. The van der Waals surface area contributed by atoms with Crippen LogP contribution in [0.2, 0.25) is 0 Å². The Morgan fingerprint density at radius 3 is 2.21 bits per heavy atom. The van der Waals surface area contributed by atoms with Gasteiger partial charge in [0.2, 0.25) is 0 Å². The van der Waals surface area contributed by atoms with Gasteiger partial charge in [-0.15, -0.1) is 6.58 Å². The first-order chi connectivity index (χ1) is 16.0. The zero-order chi connectivity index (χ0) is 23.4. The lowest BCUT2D eigenvalue weighted by atomic mass is 9.93. The molecular formula is C29H29F3O. The molecular weight excluding hydrogens is 421 g/mol. The number of unbranched alkanes of at least 4 members (excludes halogenated alkanes) is 1. The van der Waals surface area contributed by atoms with Crippen molar-refractivity contribution in [1.82, 2.24) is 0 Å². The van der Waals surface area contributed by atoms with Gasteiger partial charge in [0.05, 0.1) is 12.7 Å². The molecule has 0 aliphatic carbocycles. The molecule has 4 rings (SSSR count). The van der Waals surface area contributed by atoms with E-state index in [0.717, 1.165) is 31.2 Å². The van der Waals surface area contributed by atoms with Gasteiger partial charge in [0, 0.05) is 17.0 Å². The van der Waals surface area contributed by atoms with Crippen molar-refractivity contribution in [1.29, 1.82) is 0 Å². The van der Waals surface area contributed by atoms with Crippen molar-refractivity contribution in [2.75, 3.05) is 6.61 Å². The van der Waals surface area contributed by atoms with Crippen LogP contribution >= 0.6 is 0 Å². The van der Waals surface area contributed by atoms with Crippen LogP contribution in [0.4, 0.5) is 13.2 Å². The van der Waals surface area contributed by atoms with E-state index in [1.54, 1.807) is 42.5 Å². The summed E-state index contributed by atoms with van der Waals surface area (Å²) in [5.74, 6) is -1.59. The van der Waals surface area contributed by atoms with E-state index >= 15 is 0 Å². The van der Waals surface area contributed by atoms with Crippen molar-refractivity contribution in [2.24, 2.45) is 5.92 Å². The first-order valence-corrected chi connectivity index (χ1v) is 11.6. The molecule has 1 nitrogen and oxygen atoms in total. The van der Waals surface area contributed by atoms with Crippen LogP contribution in [-0.2, 0) is 11.2 Å². The third kappa shape index (κ3) is 5.06. The standard InChI is InChI=1S/C29H29F3O/c1-3-5-6-22-12-15-25(29(32)28(22)31)21-10-8-20(9-11-21)24-14-13-23(17-26(24)30)27-16-7-19(4-2)18-33-27/h4,8-15,17,19,27H,2-3,5-7,16,18H2,1H3. The Balaban J connectivity index is 1.53. The van der Waals surface area contributed by atoms with Crippen molar-refractivity contribution < 1.29 is 17.9 Å². The van der Waals surface area contributed by atoms with Gasteiger partial charge in [-0.2, -0.15) is 0 Å². The molecule has 1 saturated heterocycles. The maximum absolute atomic E-state index is 14.9. The second-order valence-corrected chi connectivity index (χ2v) is 8.72. The highest BCUT2D eigenvalue weighted by atomic mass is 19.2. The normalized spacial score (nSPS) is 18.3. The maximum atomic E-state index is 14.9. The van der Waals surface area contributed by atoms with Gasteiger partial charge >= 0.3 is 0 Å². The topological polar surface area (TPSA) is 9.23 Å². The molecule has 0 aromatic heterocycles. The fourth-order valence-corrected chi connectivity index (χ4v) is 4.39. The molecule has 33 heavy (non-hydrogen) atoms. The third-order valence-corrected chi connectivity index (χ3v) is 6.48. The van der Waals surface area contributed by atoms with E-state index in [1.807, 2.05) is 19.1 Å². The Labute approximate surface area is 193 Å². The summed E-state index contributed by atoms with van der Waals surface area (Å²) in [5.41, 5.74) is 3.14. The van der Waals surface area contributed by atoms with Crippen LogP contribution in [-0.4, -0.2) is 6.61 Å². The minimum absolute atomic E-state index is 0.106. The van der Waals surface area contributed by atoms with E-state index in [-0.39, 0.29) is 17.5 Å². The molecule has 4 heteroatoms. The zero-order valence-electron chi connectivity index (χ0n) is 18.9. The molecule has 1 aliphatic heterocycles. The largest absolute Gasteiger partial charge is 0.373 e. The van der Waals surface area contributed by atoms with Gasteiger partial charge in [0.15, 0.2) is 11.6 Å². The number of halogens is 3. The Bertz CT molecular complexity index is 1110. The van der Waals surface area contributed by atoms with Crippen LogP contribution in [0.25, 0.3) is 22.3 Å². The van der Waals surface area contributed by atoms with Crippen LogP contribution in [0, 0.1) is 23.4 Å². The van der Waals surface area contributed by atoms with Crippen molar-refractivity contribution in [3.63, 3.8) is 0 Å². The molecule has 1 aliphatic rings. The van der Waals surface area contributed by atoms with Crippen LogP contribution < -0.4 is 0 Å². The Morgan fingerprint density at radius 1 is 0.909 bits per heavy atom. The molecule has 0 radical (unpaired) electrons. The first-order valence-electron chi connectivity index (χ1n) is 11.6. The molecule has 0 spiro atoms. The number of ether oxygens (including phenoxy) is 1. The summed E-state index contributed by atoms with van der Waals surface area (Å²) in [6.45, 7) is 6.43. The molecule has 0 amide bonds. The minimum atomic E-state index is -0.835. The molecule has 1 fully saturated rings. The fraction of sp³-hybridized carbons (Fsp3) is 0.310.